The minimum absolute atomic E-state index is 0.117. The number of carboxylic acids is 1. The van der Waals surface area contributed by atoms with Gasteiger partial charge < -0.3 is 25.5 Å². The van der Waals surface area contributed by atoms with Crippen LogP contribution in [0.25, 0.3) is 0 Å². The van der Waals surface area contributed by atoms with Crippen molar-refractivity contribution in [2.45, 2.75) is 45.3 Å². The first-order chi connectivity index (χ1) is 9.21. The molecule has 0 aliphatic carbocycles. The Hall–Kier alpha value is -1.34. The molecule has 2 unspecified atom stereocenters. The number of nitrogens with one attached hydrogen (secondary N) is 1. The molecule has 1 fully saturated rings. The predicted molar refractivity (Wildman–Crippen MR) is 72.3 cm³/mol. The van der Waals surface area contributed by atoms with Gasteiger partial charge in [0.1, 0.15) is 0 Å². The number of β-amino-alcohol motifs (C(OH)–C–C–N with tert-alkyl or cyclic N) is 2. The van der Waals surface area contributed by atoms with Gasteiger partial charge in [-0.15, -0.1) is 0 Å². The van der Waals surface area contributed by atoms with Crippen molar-refractivity contribution in [1.82, 2.24) is 10.2 Å². The first-order valence-corrected chi connectivity index (χ1v) is 6.82. The van der Waals surface area contributed by atoms with Gasteiger partial charge in [-0.25, -0.2) is 4.79 Å². The summed E-state index contributed by atoms with van der Waals surface area (Å²) in [5, 5.41) is 30.1. The molecule has 0 bridgehead atoms. The van der Waals surface area contributed by atoms with Gasteiger partial charge in [0.05, 0.1) is 25.3 Å². The topological polar surface area (TPSA) is 110 Å². The van der Waals surface area contributed by atoms with Crippen molar-refractivity contribution in [3.05, 3.63) is 0 Å². The average Bonchev–Trinajstić information content (AvgIpc) is 2.67. The van der Waals surface area contributed by atoms with Crippen LogP contribution in [0.5, 0.6) is 0 Å². The Morgan fingerprint density at radius 2 is 1.75 bits per heavy atom. The largest absolute Gasteiger partial charge is 0.481 e. The normalized spacial score (nSPS) is 22.9. The van der Waals surface area contributed by atoms with E-state index < -0.39 is 18.2 Å². The fourth-order valence-electron chi connectivity index (χ4n) is 2.13. The molecule has 7 heteroatoms. The lowest BCUT2D eigenvalue weighted by atomic mass is 9.84. The lowest BCUT2D eigenvalue weighted by molar-refractivity contribution is -0.137. The molecule has 4 N–H and O–H groups in total. The first kappa shape index (κ1) is 16.7. The molecule has 2 atom stereocenters. The van der Waals surface area contributed by atoms with Crippen molar-refractivity contribution in [3.63, 3.8) is 0 Å². The van der Waals surface area contributed by atoms with Crippen LogP contribution in [0.15, 0.2) is 0 Å². The zero-order valence-electron chi connectivity index (χ0n) is 12.0. The van der Waals surface area contributed by atoms with Crippen LogP contribution in [0, 0.1) is 5.41 Å². The van der Waals surface area contributed by atoms with E-state index in [9.17, 15) is 19.8 Å². The van der Waals surface area contributed by atoms with Gasteiger partial charge in [-0.3, -0.25) is 4.79 Å². The van der Waals surface area contributed by atoms with Crippen molar-refractivity contribution in [2.24, 2.45) is 5.41 Å². The Bertz CT molecular complexity index is 349. The first-order valence-electron chi connectivity index (χ1n) is 6.82. The summed E-state index contributed by atoms with van der Waals surface area (Å²) in [7, 11) is 0. The van der Waals surface area contributed by atoms with Crippen LogP contribution in [0.1, 0.15) is 33.1 Å². The van der Waals surface area contributed by atoms with Crippen molar-refractivity contribution in [2.75, 3.05) is 19.6 Å². The molecular formula is C13H24N2O5. The van der Waals surface area contributed by atoms with Crippen molar-refractivity contribution in [3.8, 4) is 0 Å². The highest BCUT2D eigenvalue weighted by atomic mass is 16.4. The second-order valence-corrected chi connectivity index (χ2v) is 6.08. The van der Waals surface area contributed by atoms with Crippen LogP contribution in [0.3, 0.4) is 0 Å². The molecule has 116 valence electrons. The lowest BCUT2D eigenvalue weighted by Crippen LogP contribution is -2.40. The molecule has 1 heterocycles. The second kappa shape index (κ2) is 6.90. The predicted octanol–water partition coefficient (Wildman–Crippen LogP) is 0.0145. The monoisotopic (exact) mass is 288 g/mol. The molecule has 2 amide bonds. The van der Waals surface area contributed by atoms with Gasteiger partial charge >= 0.3 is 12.0 Å². The van der Waals surface area contributed by atoms with Gasteiger partial charge in [0.25, 0.3) is 0 Å². The number of rotatable bonds is 6. The Balaban J connectivity index is 2.26. The molecular weight excluding hydrogens is 264 g/mol. The fourth-order valence-corrected chi connectivity index (χ4v) is 2.13. The summed E-state index contributed by atoms with van der Waals surface area (Å²) in [5.74, 6) is -0.817. The summed E-state index contributed by atoms with van der Waals surface area (Å²) in [6, 6.07) is -0.311. The standard InChI is InChI=1S/C13H24N2O5/c1-13(2,4-3-11(18)19)5-6-14-12(20)15-7-9(16)10(17)8-15/h9-10,16-17H,3-8H2,1-2H3,(H,14,20)(H,18,19). The van der Waals surface area contributed by atoms with Gasteiger partial charge in [0.2, 0.25) is 0 Å². The van der Waals surface area contributed by atoms with Gasteiger partial charge in [0.15, 0.2) is 0 Å². The lowest BCUT2D eigenvalue weighted by Gasteiger charge is -2.24. The quantitative estimate of drug-likeness (QED) is 0.550. The van der Waals surface area contributed by atoms with Gasteiger partial charge in [-0.1, -0.05) is 13.8 Å². The summed E-state index contributed by atoms with van der Waals surface area (Å²) < 4.78 is 0. The molecule has 0 radical (unpaired) electrons. The Labute approximate surface area is 118 Å². The zero-order chi connectivity index (χ0) is 15.3. The fraction of sp³-hybridized carbons (Fsp3) is 0.846. The van der Waals surface area contributed by atoms with E-state index in [4.69, 9.17) is 5.11 Å². The van der Waals surface area contributed by atoms with Crippen molar-refractivity contribution < 1.29 is 24.9 Å². The number of aliphatic hydroxyl groups is 2. The molecule has 1 rings (SSSR count). The molecule has 1 saturated heterocycles. The molecule has 0 aromatic carbocycles. The number of hydrogen-bond acceptors (Lipinski definition) is 4. The van der Waals surface area contributed by atoms with Crippen molar-refractivity contribution in [1.29, 1.82) is 0 Å². The van der Waals surface area contributed by atoms with Gasteiger partial charge in [-0.05, 0) is 18.3 Å². The SMILES string of the molecule is CC(C)(CCNC(=O)N1CC(O)C(O)C1)CCC(=O)O. The van der Waals surface area contributed by atoms with Crippen LogP contribution < -0.4 is 5.32 Å². The summed E-state index contributed by atoms with van der Waals surface area (Å²) in [5.41, 5.74) is -0.157. The number of carbonyl (C=O) groups excluding carboxylic acids is 1. The number of likely N-dealkylation sites (tertiary alicyclic amines) is 1. The number of carbonyl (C=O) groups is 2. The number of hydrogen-bond donors (Lipinski definition) is 4. The Morgan fingerprint density at radius 1 is 1.20 bits per heavy atom. The highest BCUT2D eigenvalue weighted by Crippen LogP contribution is 2.26. The Kier molecular flexibility index (Phi) is 5.76. The maximum absolute atomic E-state index is 11.8. The molecule has 20 heavy (non-hydrogen) atoms. The van der Waals surface area contributed by atoms with Crippen LogP contribution in [-0.4, -0.2) is 64.1 Å². The highest BCUT2D eigenvalue weighted by Gasteiger charge is 2.32. The maximum atomic E-state index is 11.8. The molecule has 0 saturated carbocycles. The van der Waals surface area contributed by atoms with Crippen LogP contribution in [-0.2, 0) is 4.79 Å². The molecule has 1 aliphatic rings. The summed E-state index contributed by atoms with van der Waals surface area (Å²) >= 11 is 0. The third kappa shape index (κ3) is 5.34. The number of carboxylic acid groups (broad SMARTS) is 1. The van der Waals surface area contributed by atoms with E-state index >= 15 is 0 Å². The second-order valence-electron chi connectivity index (χ2n) is 6.08. The summed E-state index contributed by atoms with van der Waals surface area (Å²) in [6.07, 6.45) is -0.420. The number of aliphatic carboxylic acids is 1. The average molecular weight is 288 g/mol. The van der Waals surface area contributed by atoms with E-state index in [0.29, 0.717) is 19.4 Å². The molecule has 1 aliphatic heterocycles. The van der Waals surface area contributed by atoms with Gasteiger partial charge in [0, 0.05) is 13.0 Å². The van der Waals surface area contributed by atoms with E-state index in [1.54, 1.807) is 0 Å². The minimum atomic E-state index is -0.882. The Morgan fingerprint density at radius 3 is 2.25 bits per heavy atom. The number of amides is 2. The van der Waals surface area contributed by atoms with Crippen LogP contribution >= 0.6 is 0 Å². The third-order valence-corrected chi connectivity index (χ3v) is 3.64. The smallest absolute Gasteiger partial charge is 0.317 e. The van der Waals surface area contributed by atoms with E-state index in [1.807, 2.05) is 13.8 Å². The zero-order valence-corrected chi connectivity index (χ0v) is 12.0. The van der Waals surface area contributed by atoms with Crippen LogP contribution in [0.4, 0.5) is 4.79 Å². The molecule has 0 aromatic rings. The molecule has 0 aromatic heterocycles. The third-order valence-electron chi connectivity index (χ3n) is 3.64. The van der Waals surface area contributed by atoms with E-state index in [0.717, 1.165) is 0 Å². The molecule has 0 spiro atoms. The minimum Gasteiger partial charge on any atom is -0.481 e. The number of nitrogens with zero attached hydrogens (tertiary/aromatic N) is 1. The number of aliphatic hydroxyl groups excluding tert-OH is 2. The summed E-state index contributed by atoms with van der Waals surface area (Å²) in [6.45, 7) is 4.63. The summed E-state index contributed by atoms with van der Waals surface area (Å²) in [4.78, 5) is 23.7. The maximum Gasteiger partial charge on any atom is 0.317 e. The highest BCUT2D eigenvalue weighted by molar-refractivity contribution is 5.74. The van der Waals surface area contributed by atoms with E-state index in [2.05, 4.69) is 5.32 Å². The van der Waals surface area contributed by atoms with Crippen molar-refractivity contribution >= 4 is 12.0 Å². The van der Waals surface area contributed by atoms with E-state index in [-0.39, 0.29) is 31.0 Å². The van der Waals surface area contributed by atoms with Crippen LogP contribution in [0.2, 0.25) is 0 Å². The molecule has 7 nitrogen and oxygen atoms in total. The van der Waals surface area contributed by atoms with E-state index in [1.165, 1.54) is 4.90 Å². The number of urea groups is 1. The van der Waals surface area contributed by atoms with Gasteiger partial charge in [-0.2, -0.15) is 0 Å².